The summed E-state index contributed by atoms with van der Waals surface area (Å²) in [4.78, 5) is 12.1. The molecular formula is C17H23F3N2O3S2. The molecule has 0 aromatic heterocycles. The highest BCUT2D eigenvalue weighted by Crippen LogP contribution is 2.32. The van der Waals surface area contributed by atoms with Crippen LogP contribution in [-0.2, 0) is 21.0 Å². The molecule has 0 unspecified atom stereocenters. The van der Waals surface area contributed by atoms with Crippen molar-refractivity contribution in [3.05, 3.63) is 29.8 Å². The Morgan fingerprint density at radius 3 is 2.56 bits per heavy atom. The second kappa shape index (κ2) is 9.18. The summed E-state index contributed by atoms with van der Waals surface area (Å²) in [5, 5.41) is 3.25. The van der Waals surface area contributed by atoms with Crippen molar-refractivity contribution in [2.45, 2.75) is 37.1 Å². The number of anilines is 1. The molecule has 1 N–H and O–H groups in total. The van der Waals surface area contributed by atoms with Gasteiger partial charge < -0.3 is 5.32 Å². The fraction of sp³-hybridized carbons (Fsp3) is 0.588. The minimum atomic E-state index is -4.60. The van der Waals surface area contributed by atoms with Gasteiger partial charge >= 0.3 is 6.18 Å². The smallest absolute Gasteiger partial charge is 0.354 e. The van der Waals surface area contributed by atoms with Gasteiger partial charge in [-0.05, 0) is 31.0 Å². The van der Waals surface area contributed by atoms with E-state index in [9.17, 15) is 26.4 Å². The van der Waals surface area contributed by atoms with Gasteiger partial charge in [0.05, 0.1) is 17.5 Å². The SMILES string of the molecule is CS(=O)(=O)N(CC(=O)NCCSC1CCCC1)c1cccc(C(F)(F)F)c1. The molecule has 1 saturated carbocycles. The van der Waals surface area contributed by atoms with E-state index in [0.717, 1.165) is 30.2 Å². The zero-order valence-electron chi connectivity index (χ0n) is 15.0. The minimum absolute atomic E-state index is 0.192. The van der Waals surface area contributed by atoms with Crippen LogP contribution in [0.3, 0.4) is 0 Å². The Morgan fingerprint density at radius 2 is 1.96 bits per heavy atom. The first-order valence-electron chi connectivity index (χ1n) is 8.60. The minimum Gasteiger partial charge on any atom is -0.354 e. The number of hydrogen-bond donors (Lipinski definition) is 1. The molecule has 1 amide bonds. The molecule has 0 bridgehead atoms. The number of nitrogens with zero attached hydrogens (tertiary/aromatic N) is 1. The van der Waals surface area contributed by atoms with Crippen molar-refractivity contribution in [3.63, 3.8) is 0 Å². The predicted molar refractivity (Wildman–Crippen MR) is 101 cm³/mol. The first-order valence-corrected chi connectivity index (χ1v) is 11.5. The third-order valence-corrected chi connectivity index (χ3v) is 6.75. The number of amides is 1. The molecule has 0 spiro atoms. The highest BCUT2D eigenvalue weighted by Gasteiger charge is 2.32. The summed E-state index contributed by atoms with van der Waals surface area (Å²) in [7, 11) is -3.92. The van der Waals surface area contributed by atoms with Crippen molar-refractivity contribution in [2.75, 3.05) is 29.4 Å². The third-order valence-electron chi connectivity index (χ3n) is 4.23. The topological polar surface area (TPSA) is 66.5 Å². The Balaban J connectivity index is 1.97. The number of carbonyl (C=O) groups is 1. The Bertz CT molecular complexity index is 748. The average molecular weight is 425 g/mol. The van der Waals surface area contributed by atoms with Crippen LogP contribution < -0.4 is 9.62 Å². The Morgan fingerprint density at radius 1 is 1.30 bits per heavy atom. The lowest BCUT2D eigenvalue weighted by Crippen LogP contribution is -2.41. The second-order valence-electron chi connectivity index (χ2n) is 6.44. The molecule has 5 nitrogen and oxygen atoms in total. The lowest BCUT2D eigenvalue weighted by Gasteiger charge is -2.23. The van der Waals surface area contributed by atoms with Crippen LogP contribution >= 0.6 is 11.8 Å². The van der Waals surface area contributed by atoms with Crippen molar-refractivity contribution in [2.24, 2.45) is 0 Å². The van der Waals surface area contributed by atoms with Gasteiger partial charge in [0.1, 0.15) is 6.54 Å². The van der Waals surface area contributed by atoms with Crippen molar-refractivity contribution >= 4 is 33.4 Å². The van der Waals surface area contributed by atoms with Crippen LogP contribution in [0.1, 0.15) is 31.2 Å². The molecule has 0 saturated heterocycles. The summed E-state index contributed by atoms with van der Waals surface area (Å²) in [6.07, 6.45) is 1.07. The molecule has 2 rings (SSSR count). The molecule has 0 radical (unpaired) electrons. The Hall–Kier alpha value is -1.42. The number of alkyl halides is 3. The largest absolute Gasteiger partial charge is 0.416 e. The zero-order chi connectivity index (χ0) is 20.1. The van der Waals surface area contributed by atoms with Crippen LogP contribution in [0.2, 0.25) is 0 Å². The summed E-state index contributed by atoms with van der Waals surface area (Å²) in [5.74, 6) is 0.170. The first-order chi connectivity index (χ1) is 12.6. The molecule has 0 aliphatic heterocycles. The highest BCUT2D eigenvalue weighted by atomic mass is 32.2. The van der Waals surface area contributed by atoms with E-state index in [1.807, 2.05) is 0 Å². The van der Waals surface area contributed by atoms with E-state index in [0.29, 0.717) is 16.1 Å². The van der Waals surface area contributed by atoms with Gasteiger partial charge in [-0.1, -0.05) is 18.9 Å². The molecule has 1 aromatic carbocycles. The van der Waals surface area contributed by atoms with Gasteiger partial charge in [0.15, 0.2) is 0 Å². The van der Waals surface area contributed by atoms with Crippen LogP contribution in [0.4, 0.5) is 18.9 Å². The third kappa shape index (κ3) is 6.91. The number of carbonyl (C=O) groups excluding carboxylic acids is 1. The predicted octanol–water partition coefficient (Wildman–Crippen LogP) is 3.26. The fourth-order valence-corrected chi connectivity index (χ4v) is 4.96. The fourth-order valence-electron chi connectivity index (χ4n) is 2.89. The molecule has 0 atom stereocenters. The number of hydrogen-bond acceptors (Lipinski definition) is 4. The monoisotopic (exact) mass is 424 g/mol. The summed E-state index contributed by atoms with van der Waals surface area (Å²) in [5.41, 5.74) is -1.16. The molecule has 10 heteroatoms. The Labute approximate surface area is 161 Å². The second-order valence-corrected chi connectivity index (χ2v) is 9.76. The molecule has 1 fully saturated rings. The molecule has 0 heterocycles. The van der Waals surface area contributed by atoms with Crippen molar-refractivity contribution in [1.82, 2.24) is 5.32 Å². The van der Waals surface area contributed by atoms with E-state index in [4.69, 9.17) is 0 Å². The molecular weight excluding hydrogens is 401 g/mol. The van der Waals surface area contributed by atoms with Crippen LogP contribution in [0.5, 0.6) is 0 Å². The highest BCUT2D eigenvalue weighted by molar-refractivity contribution is 7.99. The Kier molecular flexibility index (Phi) is 7.44. The van der Waals surface area contributed by atoms with Crippen LogP contribution in [-0.4, -0.2) is 44.7 Å². The molecule has 27 heavy (non-hydrogen) atoms. The molecule has 1 aliphatic carbocycles. The van der Waals surface area contributed by atoms with E-state index in [1.165, 1.54) is 31.7 Å². The molecule has 1 aromatic rings. The van der Waals surface area contributed by atoms with Gasteiger partial charge in [-0.2, -0.15) is 24.9 Å². The van der Waals surface area contributed by atoms with Gasteiger partial charge in [0.2, 0.25) is 15.9 Å². The lowest BCUT2D eigenvalue weighted by atomic mass is 10.2. The van der Waals surface area contributed by atoms with Gasteiger partial charge in [0, 0.05) is 17.5 Å². The van der Waals surface area contributed by atoms with Gasteiger partial charge in [-0.15, -0.1) is 0 Å². The summed E-state index contributed by atoms with van der Waals surface area (Å²) in [6, 6.07) is 3.93. The van der Waals surface area contributed by atoms with E-state index in [-0.39, 0.29) is 5.69 Å². The van der Waals surface area contributed by atoms with Crippen LogP contribution in [0, 0.1) is 0 Å². The normalized spacial score (nSPS) is 15.7. The molecule has 1 aliphatic rings. The number of nitrogens with one attached hydrogen (secondary N) is 1. The zero-order valence-corrected chi connectivity index (χ0v) is 16.6. The van der Waals surface area contributed by atoms with Crippen molar-refractivity contribution < 1.29 is 26.4 Å². The lowest BCUT2D eigenvalue weighted by molar-refractivity contribution is -0.137. The summed E-state index contributed by atoms with van der Waals surface area (Å²) in [6.45, 7) is -0.172. The number of benzene rings is 1. The van der Waals surface area contributed by atoms with Crippen molar-refractivity contribution in [3.8, 4) is 0 Å². The van der Waals surface area contributed by atoms with Gasteiger partial charge in [-0.25, -0.2) is 8.42 Å². The maximum absolute atomic E-state index is 12.9. The maximum Gasteiger partial charge on any atom is 0.416 e. The van der Waals surface area contributed by atoms with E-state index in [2.05, 4.69) is 5.32 Å². The van der Waals surface area contributed by atoms with Crippen molar-refractivity contribution in [1.29, 1.82) is 0 Å². The number of rotatable bonds is 8. The average Bonchev–Trinajstić information content (AvgIpc) is 3.08. The standard InChI is InChI=1S/C17H23F3N2O3S2/c1-27(24,25)22(14-6-4-5-13(11-14)17(18,19)20)12-16(23)21-9-10-26-15-7-2-3-8-15/h4-6,11,15H,2-3,7-10,12H2,1H3,(H,21,23). The first kappa shape index (κ1) is 21.9. The number of sulfonamides is 1. The van der Waals surface area contributed by atoms with Gasteiger partial charge in [0.25, 0.3) is 0 Å². The molecule has 152 valence electrons. The quantitative estimate of drug-likeness (QED) is 0.651. The van der Waals surface area contributed by atoms with Gasteiger partial charge in [-0.3, -0.25) is 9.10 Å². The number of thioether (sulfide) groups is 1. The van der Waals surface area contributed by atoms with E-state index < -0.39 is 34.2 Å². The summed E-state index contributed by atoms with van der Waals surface area (Å²) >= 11 is 1.78. The summed E-state index contributed by atoms with van der Waals surface area (Å²) < 4.78 is 63.3. The van der Waals surface area contributed by atoms with E-state index >= 15 is 0 Å². The van der Waals surface area contributed by atoms with Crippen LogP contribution in [0.25, 0.3) is 0 Å². The maximum atomic E-state index is 12.9. The van der Waals surface area contributed by atoms with Crippen LogP contribution in [0.15, 0.2) is 24.3 Å². The number of halogens is 3. The van der Waals surface area contributed by atoms with E-state index in [1.54, 1.807) is 11.8 Å².